The van der Waals surface area contributed by atoms with Gasteiger partial charge in [-0.2, -0.15) is 0 Å². The number of para-hydroxylation sites is 1. The Bertz CT molecular complexity index is 551. The zero-order valence-electron chi connectivity index (χ0n) is 9.91. The third kappa shape index (κ3) is 2.57. The number of nitrogen functional groups attached to an aromatic ring is 1. The van der Waals surface area contributed by atoms with Crippen molar-refractivity contribution in [3.05, 3.63) is 58.4 Å². The van der Waals surface area contributed by atoms with Gasteiger partial charge in [0.1, 0.15) is 18.2 Å². The number of halogens is 2. The van der Waals surface area contributed by atoms with Crippen molar-refractivity contribution in [2.45, 2.75) is 13.5 Å². The Morgan fingerprint density at radius 3 is 2.67 bits per heavy atom. The van der Waals surface area contributed by atoms with E-state index in [9.17, 15) is 4.39 Å². The highest BCUT2D eigenvalue weighted by Gasteiger charge is 2.09. The number of hydrogen-bond acceptors (Lipinski definition) is 2. The lowest BCUT2D eigenvalue weighted by Crippen LogP contribution is -2.02. The van der Waals surface area contributed by atoms with Crippen molar-refractivity contribution >= 4 is 17.3 Å². The molecule has 18 heavy (non-hydrogen) atoms. The third-order valence-corrected chi connectivity index (χ3v) is 2.94. The highest BCUT2D eigenvalue weighted by molar-refractivity contribution is 6.30. The molecule has 2 rings (SSSR count). The summed E-state index contributed by atoms with van der Waals surface area (Å²) in [6, 6.07) is 10.3. The van der Waals surface area contributed by atoms with Crippen molar-refractivity contribution in [2.24, 2.45) is 0 Å². The quantitative estimate of drug-likeness (QED) is 0.853. The van der Waals surface area contributed by atoms with E-state index in [4.69, 9.17) is 22.1 Å². The minimum absolute atomic E-state index is 0.0915. The van der Waals surface area contributed by atoms with E-state index in [0.29, 0.717) is 17.0 Å². The van der Waals surface area contributed by atoms with Gasteiger partial charge >= 0.3 is 0 Å². The van der Waals surface area contributed by atoms with Crippen molar-refractivity contribution < 1.29 is 9.13 Å². The van der Waals surface area contributed by atoms with Crippen LogP contribution in [0.25, 0.3) is 0 Å². The lowest BCUT2D eigenvalue weighted by molar-refractivity contribution is 0.299. The molecule has 0 heterocycles. The van der Waals surface area contributed by atoms with Gasteiger partial charge in [0.15, 0.2) is 0 Å². The van der Waals surface area contributed by atoms with Gasteiger partial charge < -0.3 is 10.5 Å². The smallest absolute Gasteiger partial charge is 0.148 e. The molecule has 0 unspecified atom stereocenters. The largest absolute Gasteiger partial charge is 0.486 e. The molecule has 0 aliphatic heterocycles. The maximum absolute atomic E-state index is 13.7. The predicted molar refractivity (Wildman–Crippen MR) is 71.3 cm³/mol. The first-order chi connectivity index (χ1) is 8.59. The first-order valence-electron chi connectivity index (χ1n) is 5.50. The minimum Gasteiger partial charge on any atom is -0.486 e. The molecule has 0 saturated heterocycles. The fourth-order valence-electron chi connectivity index (χ4n) is 1.68. The average Bonchev–Trinajstić information content (AvgIpc) is 2.33. The van der Waals surface area contributed by atoms with Crippen LogP contribution in [0, 0.1) is 12.7 Å². The normalized spacial score (nSPS) is 10.4. The lowest BCUT2D eigenvalue weighted by atomic mass is 10.2. The Labute approximate surface area is 110 Å². The topological polar surface area (TPSA) is 35.2 Å². The Balaban J connectivity index is 2.19. The summed E-state index contributed by atoms with van der Waals surface area (Å²) >= 11 is 5.70. The average molecular weight is 266 g/mol. The fourth-order valence-corrected chi connectivity index (χ4v) is 1.88. The molecule has 2 N–H and O–H groups in total. The second-order valence-corrected chi connectivity index (χ2v) is 4.40. The molecular weight excluding hydrogens is 253 g/mol. The van der Waals surface area contributed by atoms with Gasteiger partial charge in [-0.1, -0.05) is 35.9 Å². The highest BCUT2D eigenvalue weighted by atomic mass is 35.5. The summed E-state index contributed by atoms with van der Waals surface area (Å²) < 4.78 is 19.2. The number of hydrogen-bond donors (Lipinski definition) is 1. The fraction of sp³-hybridized carbons (Fsp3) is 0.143. The Hall–Kier alpha value is -1.74. The van der Waals surface area contributed by atoms with E-state index in [1.165, 1.54) is 6.07 Å². The highest BCUT2D eigenvalue weighted by Crippen LogP contribution is 2.27. The van der Waals surface area contributed by atoms with Crippen LogP contribution in [-0.4, -0.2) is 0 Å². The monoisotopic (exact) mass is 265 g/mol. The van der Waals surface area contributed by atoms with Gasteiger partial charge in [0, 0.05) is 5.56 Å². The first-order valence-corrected chi connectivity index (χ1v) is 5.88. The lowest BCUT2D eigenvalue weighted by Gasteiger charge is -2.12. The van der Waals surface area contributed by atoms with E-state index >= 15 is 0 Å². The molecule has 0 aromatic heterocycles. The molecule has 0 bridgehead atoms. The molecule has 2 nitrogen and oxygen atoms in total. The molecule has 0 atom stereocenters. The molecule has 0 radical (unpaired) electrons. The molecule has 0 amide bonds. The SMILES string of the molecule is Cc1cccc(N)c1OCc1cccc(Cl)c1F. The van der Waals surface area contributed by atoms with Crippen LogP contribution in [-0.2, 0) is 6.61 Å². The van der Waals surface area contributed by atoms with Crippen LogP contribution in [0.3, 0.4) is 0 Å². The summed E-state index contributed by atoms with van der Waals surface area (Å²) in [5, 5.41) is 0.0915. The van der Waals surface area contributed by atoms with Crippen LogP contribution in [0.5, 0.6) is 5.75 Å². The number of aryl methyl sites for hydroxylation is 1. The van der Waals surface area contributed by atoms with Gasteiger partial charge in [-0.15, -0.1) is 0 Å². The number of rotatable bonds is 3. The summed E-state index contributed by atoms with van der Waals surface area (Å²) in [7, 11) is 0. The van der Waals surface area contributed by atoms with Crippen LogP contribution >= 0.6 is 11.6 Å². The zero-order chi connectivity index (χ0) is 13.1. The number of ether oxygens (including phenoxy) is 1. The van der Waals surface area contributed by atoms with Crippen molar-refractivity contribution in [3.8, 4) is 5.75 Å². The summed E-state index contributed by atoms with van der Waals surface area (Å²) in [5.41, 5.74) is 7.67. The van der Waals surface area contributed by atoms with E-state index in [-0.39, 0.29) is 11.6 Å². The van der Waals surface area contributed by atoms with Crippen LogP contribution in [0.4, 0.5) is 10.1 Å². The van der Waals surface area contributed by atoms with Crippen LogP contribution in [0.1, 0.15) is 11.1 Å². The van der Waals surface area contributed by atoms with Gasteiger partial charge in [-0.25, -0.2) is 4.39 Å². The second kappa shape index (κ2) is 5.27. The maximum atomic E-state index is 13.7. The van der Waals surface area contributed by atoms with E-state index in [1.807, 2.05) is 19.1 Å². The van der Waals surface area contributed by atoms with E-state index in [2.05, 4.69) is 0 Å². The summed E-state index contributed by atoms with van der Waals surface area (Å²) in [6.07, 6.45) is 0. The number of anilines is 1. The van der Waals surface area contributed by atoms with E-state index in [0.717, 1.165) is 5.56 Å². The summed E-state index contributed by atoms with van der Waals surface area (Å²) in [4.78, 5) is 0. The van der Waals surface area contributed by atoms with Gasteiger partial charge in [-0.3, -0.25) is 0 Å². The molecule has 0 saturated carbocycles. The number of benzene rings is 2. The number of nitrogens with two attached hydrogens (primary N) is 1. The second-order valence-electron chi connectivity index (χ2n) is 3.99. The van der Waals surface area contributed by atoms with Gasteiger partial charge in [0.2, 0.25) is 0 Å². The van der Waals surface area contributed by atoms with Crippen LogP contribution in [0.15, 0.2) is 36.4 Å². The van der Waals surface area contributed by atoms with Gasteiger partial charge in [0.25, 0.3) is 0 Å². The summed E-state index contributed by atoms with van der Waals surface area (Å²) in [5.74, 6) is 0.128. The standard InChI is InChI=1S/C14H13ClFNO/c1-9-4-2-7-12(17)14(9)18-8-10-5-3-6-11(15)13(10)16/h2-7H,8,17H2,1H3. The Morgan fingerprint density at radius 2 is 1.94 bits per heavy atom. The molecule has 94 valence electrons. The van der Waals surface area contributed by atoms with Crippen molar-refractivity contribution in [1.82, 2.24) is 0 Å². The van der Waals surface area contributed by atoms with Crippen LogP contribution < -0.4 is 10.5 Å². The van der Waals surface area contributed by atoms with E-state index in [1.54, 1.807) is 18.2 Å². The van der Waals surface area contributed by atoms with Crippen LogP contribution in [0.2, 0.25) is 5.02 Å². The van der Waals surface area contributed by atoms with Gasteiger partial charge in [0.05, 0.1) is 10.7 Å². The summed E-state index contributed by atoms with van der Waals surface area (Å²) in [6.45, 7) is 1.99. The zero-order valence-corrected chi connectivity index (χ0v) is 10.7. The first kappa shape index (κ1) is 12.7. The molecule has 4 heteroatoms. The molecule has 2 aromatic carbocycles. The molecule has 0 aliphatic rings. The van der Waals surface area contributed by atoms with Crippen molar-refractivity contribution in [1.29, 1.82) is 0 Å². The Kier molecular flexibility index (Phi) is 3.72. The van der Waals surface area contributed by atoms with E-state index < -0.39 is 5.82 Å². The molecule has 2 aromatic rings. The maximum Gasteiger partial charge on any atom is 0.148 e. The third-order valence-electron chi connectivity index (χ3n) is 2.65. The predicted octanol–water partition coefficient (Wildman–Crippen LogP) is 3.95. The van der Waals surface area contributed by atoms with Crippen molar-refractivity contribution in [2.75, 3.05) is 5.73 Å². The molecule has 0 fully saturated rings. The van der Waals surface area contributed by atoms with Crippen molar-refractivity contribution in [3.63, 3.8) is 0 Å². The molecule has 0 spiro atoms. The molecular formula is C14H13ClFNO. The Morgan fingerprint density at radius 1 is 1.22 bits per heavy atom. The minimum atomic E-state index is -0.452. The van der Waals surface area contributed by atoms with Gasteiger partial charge in [-0.05, 0) is 24.6 Å². The molecule has 0 aliphatic carbocycles.